The minimum absolute atomic E-state index is 0.306. The molecule has 6 heteroatoms. The second-order valence-electron chi connectivity index (χ2n) is 22.8. The van der Waals surface area contributed by atoms with Crippen molar-refractivity contribution in [3.8, 4) is 41.5 Å². The molecule has 354 valence electrons. The summed E-state index contributed by atoms with van der Waals surface area (Å²) in [7, 11) is 0. The van der Waals surface area contributed by atoms with E-state index in [1.54, 1.807) is 12.4 Å². The fourth-order valence-electron chi connectivity index (χ4n) is 8.63. The maximum Gasteiger partial charge on any atom is 0.0998 e. The minimum atomic E-state index is -0.315. The Bertz CT molecular complexity index is 3500. The van der Waals surface area contributed by atoms with E-state index in [4.69, 9.17) is 0 Å². The average Bonchev–Trinajstić information content (AvgIpc) is 3.33. The molecule has 0 fully saturated rings. The highest BCUT2D eigenvalue weighted by molar-refractivity contribution is 5.98. The summed E-state index contributed by atoms with van der Waals surface area (Å²) in [5.41, 5.74) is 13.7. The first-order chi connectivity index (χ1) is 33.9. The van der Waals surface area contributed by atoms with Crippen LogP contribution in [-0.4, -0.2) is 4.98 Å². The van der Waals surface area contributed by atoms with Crippen LogP contribution in [0.25, 0.3) is 69.4 Å². The van der Waals surface area contributed by atoms with E-state index in [2.05, 4.69) is 143 Å². The molecule has 0 atom stereocenters. The second kappa shape index (κ2) is 20.0. The number of nitrogens with zero attached hydrogens (tertiary/aromatic N) is 6. The third-order valence-corrected chi connectivity index (χ3v) is 13.0. The zero-order chi connectivity index (χ0) is 52.3. The van der Waals surface area contributed by atoms with E-state index in [-0.39, 0.29) is 21.7 Å². The Morgan fingerprint density at radius 2 is 0.500 bits per heavy atom. The third kappa shape index (κ3) is 11.9. The highest BCUT2D eigenvalue weighted by atomic mass is 14.6. The van der Waals surface area contributed by atoms with Gasteiger partial charge < -0.3 is 0 Å². The van der Waals surface area contributed by atoms with Crippen LogP contribution in [-0.2, 0) is 21.7 Å². The van der Waals surface area contributed by atoms with E-state index in [0.717, 1.165) is 55.6 Å². The highest BCUT2D eigenvalue weighted by Crippen LogP contribution is 2.37. The number of pyridine rings is 1. The van der Waals surface area contributed by atoms with Crippen LogP contribution in [0, 0.1) is 56.7 Å². The first-order valence-corrected chi connectivity index (χ1v) is 24.2. The van der Waals surface area contributed by atoms with Gasteiger partial charge in [0.15, 0.2) is 0 Å². The van der Waals surface area contributed by atoms with Gasteiger partial charge in [-0.3, -0.25) is 4.98 Å². The molecule has 0 unspecified atom stereocenters. The lowest BCUT2D eigenvalue weighted by Gasteiger charge is -2.22. The zero-order valence-electron chi connectivity index (χ0n) is 43.5. The Morgan fingerprint density at radius 3 is 0.736 bits per heavy atom. The summed E-state index contributed by atoms with van der Waals surface area (Å²) in [4.78, 5) is 4.25. The molecule has 7 rings (SSSR count). The molecule has 6 aromatic rings. The van der Waals surface area contributed by atoms with Crippen LogP contribution in [0.1, 0.15) is 161 Å². The lowest BCUT2D eigenvalue weighted by atomic mass is 9.82. The molecule has 1 aromatic heterocycles. The van der Waals surface area contributed by atoms with Crippen LogP contribution in [0.3, 0.4) is 0 Å². The van der Waals surface area contributed by atoms with Gasteiger partial charge in [-0.15, -0.1) is 0 Å². The van der Waals surface area contributed by atoms with E-state index < -0.39 is 0 Å². The predicted molar refractivity (Wildman–Crippen MR) is 298 cm³/mol. The Hall–Kier alpha value is -8.60. The van der Waals surface area contributed by atoms with Crippen LogP contribution in [0.15, 0.2) is 116 Å². The Labute approximate surface area is 427 Å². The fourth-order valence-corrected chi connectivity index (χ4v) is 8.63. The number of rotatable bonds is 1. The highest BCUT2D eigenvalue weighted by Gasteiger charge is 2.22. The van der Waals surface area contributed by atoms with Crippen molar-refractivity contribution in [3.63, 3.8) is 0 Å². The first-order valence-electron chi connectivity index (χ1n) is 24.2. The number of hydrogen-bond donors (Lipinski definition) is 0. The smallest absolute Gasteiger partial charge is 0.0998 e. The van der Waals surface area contributed by atoms with Crippen molar-refractivity contribution < 1.29 is 0 Å². The SMILES string of the molecule is CC(C)(C)c1cc2cc(c1)C(C#N)=Cc1cc(cc(C(C)(C)C)c1)C(C#N)=Cc1cc(cc(C(C)(C)C)c1)C(C#N)=Cc1cc(cc(C(C)(C)C)c1)C(C#N)=Cc1cc(cc(-c3ccncc3)c1)C(C#N)=C2. The Morgan fingerprint density at radius 1 is 0.278 bits per heavy atom. The van der Waals surface area contributed by atoms with Gasteiger partial charge in [-0.25, -0.2) is 0 Å². The molecular weight excluding hydrogens is 877 g/mol. The van der Waals surface area contributed by atoms with Gasteiger partial charge in [0, 0.05) is 12.4 Å². The molecule has 10 bridgehead atoms. The normalized spacial score (nSPS) is 13.3. The van der Waals surface area contributed by atoms with Crippen LogP contribution in [0.4, 0.5) is 0 Å². The molecule has 1 aliphatic rings. The lowest BCUT2D eigenvalue weighted by molar-refractivity contribution is 0.589. The van der Waals surface area contributed by atoms with Gasteiger partial charge in [-0.2, -0.15) is 26.3 Å². The third-order valence-electron chi connectivity index (χ3n) is 13.0. The van der Waals surface area contributed by atoms with Gasteiger partial charge in [0.25, 0.3) is 0 Å². The van der Waals surface area contributed by atoms with E-state index in [0.29, 0.717) is 61.2 Å². The number of nitriles is 5. The van der Waals surface area contributed by atoms with Crippen molar-refractivity contribution >= 4 is 58.2 Å². The van der Waals surface area contributed by atoms with Crippen molar-refractivity contribution in [1.82, 2.24) is 4.98 Å². The molecule has 0 spiro atoms. The molecule has 0 aliphatic heterocycles. The maximum absolute atomic E-state index is 11.0. The van der Waals surface area contributed by atoms with Crippen LogP contribution in [0.2, 0.25) is 0 Å². The van der Waals surface area contributed by atoms with Crippen LogP contribution < -0.4 is 0 Å². The fraction of sp³-hybridized carbons (Fsp3) is 0.242. The van der Waals surface area contributed by atoms with Crippen molar-refractivity contribution in [2.75, 3.05) is 0 Å². The van der Waals surface area contributed by atoms with Crippen LogP contribution in [0.5, 0.6) is 0 Å². The van der Waals surface area contributed by atoms with Crippen molar-refractivity contribution in [1.29, 1.82) is 26.3 Å². The number of aromatic nitrogens is 1. The summed E-state index contributed by atoms with van der Waals surface area (Å²) in [6.45, 7) is 25.5. The van der Waals surface area contributed by atoms with Gasteiger partial charge in [0.05, 0.1) is 58.2 Å². The molecular formula is C66H60N6. The summed E-state index contributed by atoms with van der Waals surface area (Å²) in [5, 5.41) is 54.8. The number of benzene rings is 5. The van der Waals surface area contributed by atoms with Crippen molar-refractivity contribution in [2.45, 2.75) is 105 Å². The van der Waals surface area contributed by atoms with Gasteiger partial charge >= 0.3 is 0 Å². The van der Waals surface area contributed by atoms with Crippen molar-refractivity contribution in [3.05, 3.63) is 193 Å². The van der Waals surface area contributed by atoms with Crippen LogP contribution >= 0.6 is 0 Å². The van der Waals surface area contributed by atoms with Gasteiger partial charge in [0.1, 0.15) is 0 Å². The molecule has 0 N–H and O–H groups in total. The summed E-state index contributed by atoms with van der Waals surface area (Å²) >= 11 is 0. The van der Waals surface area contributed by atoms with Gasteiger partial charge in [0.2, 0.25) is 0 Å². The monoisotopic (exact) mass is 936 g/mol. The Kier molecular flexibility index (Phi) is 14.3. The second-order valence-corrected chi connectivity index (χ2v) is 22.8. The zero-order valence-corrected chi connectivity index (χ0v) is 43.5. The molecule has 0 saturated carbocycles. The Balaban J connectivity index is 1.63. The van der Waals surface area contributed by atoms with Crippen molar-refractivity contribution in [2.24, 2.45) is 0 Å². The first kappa shape index (κ1) is 51.3. The molecule has 0 saturated heterocycles. The number of hydrogen-bond acceptors (Lipinski definition) is 6. The topological polar surface area (TPSA) is 132 Å². The maximum atomic E-state index is 11.0. The molecule has 1 heterocycles. The summed E-state index contributed by atoms with van der Waals surface area (Å²) in [5.74, 6) is 0. The molecule has 1 aliphatic carbocycles. The van der Waals surface area contributed by atoms with E-state index >= 15 is 0 Å². The summed E-state index contributed by atoms with van der Waals surface area (Å²) in [6, 6.07) is 46.4. The quantitative estimate of drug-likeness (QED) is 0.161. The molecule has 5 aromatic carbocycles. The largest absolute Gasteiger partial charge is 0.265 e. The summed E-state index contributed by atoms with van der Waals surface area (Å²) < 4.78 is 0. The molecule has 72 heavy (non-hydrogen) atoms. The van der Waals surface area contributed by atoms with E-state index in [9.17, 15) is 26.3 Å². The predicted octanol–water partition coefficient (Wildman–Crippen LogP) is 16.6. The minimum Gasteiger partial charge on any atom is -0.265 e. The van der Waals surface area contributed by atoms with E-state index in [1.165, 1.54) is 0 Å². The number of allylic oxidation sites excluding steroid dienone is 5. The molecule has 0 radical (unpaired) electrons. The molecule has 6 nitrogen and oxygen atoms in total. The number of fused-ring (bicyclic) bond motifs is 10. The van der Waals surface area contributed by atoms with Gasteiger partial charge in [-0.1, -0.05) is 107 Å². The average molecular weight is 937 g/mol. The molecule has 0 amide bonds. The lowest BCUT2D eigenvalue weighted by Crippen LogP contribution is -2.12. The van der Waals surface area contributed by atoms with Gasteiger partial charge in [-0.05, 0) is 220 Å². The standard InChI is InChI=1S/C66H60N6/c1-63(2,3)59-28-43-19-51(34-59)56(39-69)26-45-21-53(36-61(30-45)65(7,8)9)58(41-71)27-46-22-52(35-62(31-46)66(10,11)12)57(40-70)25-44-20-50(33-60(29-44)64(4,5)6)55(38-68)23-42-17-48(47-13-15-72-16-14-47)32-49(18-42)54(24-43)37-67/h13-36H,1-12H3. The van der Waals surface area contributed by atoms with E-state index in [1.807, 2.05) is 109 Å². The summed E-state index contributed by atoms with van der Waals surface area (Å²) in [6.07, 6.45) is 12.8.